The molecule has 4 aromatic rings. The Bertz CT molecular complexity index is 1370. The van der Waals surface area contributed by atoms with E-state index in [1.807, 2.05) is 30.3 Å². The third kappa shape index (κ3) is 5.08. The quantitative estimate of drug-likeness (QED) is 0.388. The molecule has 1 aliphatic heterocycles. The molecule has 0 aliphatic carbocycles. The lowest BCUT2D eigenvalue weighted by Crippen LogP contribution is -2.49. The molecular formula is C24H24FN5O2S2. The maximum atomic E-state index is 13.1. The van der Waals surface area contributed by atoms with Crippen molar-refractivity contribution in [1.82, 2.24) is 19.3 Å². The number of hydrogen-bond donors (Lipinski definition) is 0. The fourth-order valence-corrected chi connectivity index (χ4v) is 6.49. The highest BCUT2D eigenvalue weighted by molar-refractivity contribution is 7.88. The SMILES string of the molecule is O=S(=O)(Cc1ccccc1)N1CCN(c2ncnc3sc(CCc4ccc(F)cc4)nc23)CC1. The first-order valence-corrected chi connectivity index (χ1v) is 13.5. The van der Waals surface area contributed by atoms with Crippen LogP contribution in [0.4, 0.5) is 10.2 Å². The van der Waals surface area contributed by atoms with Crippen LogP contribution in [-0.2, 0) is 28.6 Å². The number of anilines is 1. The van der Waals surface area contributed by atoms with Gasteiger partial charge in [0.15, 0.2) is 5.82 Å². The second kappa shape index (κ2) is 9.73. The van der Waals surface area contributed by atoms with E-state index in [-0.39, 0.29) is 11.6 Å². The number of benzene rings is 2. The number of piperazine rings is 1. The van der Waals surface area contributed by atoms with E-state index in [1.54, 1.807) is 16.4 Å². The largest absolute Gasteiger partial charge is 0.352 e. The molecule has 0 spiro atoms. The fourth-order valence-electron chi connectivity index (χ4n) is 4.08. The molecule has 1 fully saturated rings. The third-order valence-corrected chi connectivity index (χ3v) is 8.76. The molecule has 0 radical (unpaired) electrons. The van der Waals surface area contributed by atoms with Crippen molar-refractivity contribution in [2.75, 3.05) is 31.1 Å². The minimum absolute atomic E-state index is 0.00902. The molecule has 1 aliphatic rings. The highest BCUT2D eigenvalue weighted by Crippen LogP contribution is 2.29. The monoisotopic (exact) mass is 497 g/mol. The number of sulfonamides is 1. The Morgan fingerprint density at radius 2 is 1.62 bits per heavy atom. The Labute approximate surface area is 202 Å². The zero-order valence-electron chi connectivity index (χ0n) is 18.5. The molecule has 176 valence electrons. The van der Waals surface area contributed by atoms with Crippen LogP contribution in [0, 0.1) is 5.82 Å². The number of aryl methyl sites for hydroxylation is 2. The summed E-state index contributed by atoms with van der Waals surface area (Å²) in [5, 5.41) is 0.949. The summed E-state index contributed by atoms with van der Waals surface area (Å²) in [6, 6.07) is 15.8. The summed E-state index contributed by atoms with van der Waals surface area (Å²) >= 11 is 1.53. The van der Waals surface area contributed by atoms with Gasteiger partial charge in [-0.1, -0.05) is 53.8 Å². The summed E-state index contributed by atoms with van der Waals surface area (Å²) in [4.78, 5) is 16.6. The van der Waals surface area contributed by atoms with Crippen LogP contribution < -0.4 is 4.90 Å². The van der Waals surface area contributed by atoms with Crippen molar-refractivity contribution < 1.29 is 12.8 Å². The van der Waals surface area contributed by atoms with Crippen molar-refractivity contribution in [3.05, 3.63) is 82.9 Å². The van der Waals surface area contributed by atoms with Gasteiger partial charge in [-0.25, -0.2) is 27.8 Å². The molecule has 10 heteroatoms. The summed E-state index contributed by atoms with van der Waals surface area (Å²) in [6.07, 6.45) is 3.04. The van der Waals surface area contributed by atoms with Crippen LogP contribution >= 0.6 is 11.3 Å². The summed E-state index contributed by atoms with van der Waals surface area (Å²) < 4.78 is 40.4. The van der Waals surface area contributed by atoms with E-state index >= 15 is 0 Å². The smallest absolute Gasteiger partial charge is 0.218 e. The molecule has 5 rings (SSSR count). The highest BCUT2D eigenvalue weighted by Gasteiger charge is 2.28. The average Bonchev–Trinajstić information content (AvgIpc) is 3.27. The van der Waals surface area contributed by atoms with Gasteiger partial charge < -0.3 is 4.90 Å². The molecule has 0 saturated carbocycles. The Hall–Kier alpha value is -2.95. The molecule has 3 heterocycles. The van der Waals surface area contributed by atoms with Crippen LogP contribution in [0.2, 0.25) is 0 Å². The lowest BCUT2D eigenvalue weighted by Gasteiger charge is -2.34. The van der Waals surface area contributed by atoms with Gasteiger partial charge in [-0.3, -0.25) is 0 Å². The Kier molecular flexibility index (Phi) is 6.53. The van der Waals surface area contributed by atoms with E-state index in [9.17, 15) is 12.8 Å². The van der Waals surface area contributed by atoms with Crippen molar-refractivity contribution in [3.63, 3.8) is 0 Å². The van der Waals surface area contributed by atoms with Crippen LogP contribution in [0.25, 0.3) is 10.3 Å². The number of hydrogen-bond acceptors (Lipinski definition) is 7. The molecule has 34 heavy (non-hydrogen) atoms. The van der Waals surface area contributed by atoms with Crippen molar-refractivity contribution in [2.24, 2.45) is 0 Å². The summed E-state index contributed by atoms with van der Waals surface area (Å²) in [6.45, 7) is 1.90. The van der Waals surface area contributed by atoms with Gasteiger partial charge in [0.05, 0.1) is 10.8 Å². The molecule has 1 saturated heterocycles. The molecule has 0 amide bonds. The zero-order chi connectivity index (χ0) is 23.5. The van der Waals surface area contributed by atoms with Crippen LogP contribution in [0.3, 0.4) is 0 Å². The molecule has 2 aromatic carbocycles. The van der Waals surface area contributed by atoms with Gasteiger partial charge >= 0.3 is 0 Å². The Balaban J connectivity index is 1.26. The number of nitrogens with zero attached hydrogens (tertiary/aromatic N) is 5. The third-order valence-electron chi connectivity index (χ3n) is 5.88. The van der Waals surface area contributed by atoms with Crippen molar-refractivity contribution >= 4 is 37.5 Å². The fraction of sp³-hybridized carbons (Fsp3) is 0.292. The van der Waals surface area contributed by atoms with Crippen molar-refractivity contribution in [1.29, 1.82) is 0 Å². The van der Waals surface area contributed by atoms with Gasteiger partial charge in [-0.05, 0) is 29.7 Å². The van der Waals surface area contributed by atoms with Crippen LogP contribution in [0.5, 0.6) is 0 Å². The van der Waals surface area contributed by atoms with Crippen LogP contribution in [-0.4, -0.2) is 53.9 Å². The van der Waals surface area contributed by atoms with Crippen LogP contribution in [0.15, 0.2) is 60.9 Å². The molecular weight excluding hydrogens is 473 g/mol. The number of halogens is 1. The average molecular weight is 498 g/mol. The zero-order valence-corrected chi connectivity index (χ0v) is 20.1. The molecule has 0 atom stereocenters. The van der Waals surface area contributed by atoms with Crippen molar-refractivity contribution in [3.8, 4) is 0 Å². The predicted molar refractivity (Wildman–Crippen MR) is 132 cm³/mol. The van der Waals surface area contributed by atoms with Crippen molar-refractivity contribution in [2.45, 2.75) is 18.6 Å². The lowest BCUT2D eigenvalue weighted by atomic mass is 10.1. The number of thiazole rings is 1. The second-order valence-corrected chi connectivity index (χ2v) is 11.2. The normalized spacial score (nSPS) is 15.1. The first-order valence-electron chi connectivity index (χ1n) is 11.1. The number of fused-ring (bicyclic) bond motifs is 1. The van der Waals surface area contributed by atoms with E-state index in [0.29, 0.717) is 26.2 Å². The van der Waals surface area contributed by atoms with Gasteiger partial charge in [0.2, 0.25) is 10.0 Å². The second-order valence-electron chi connectivity index (χ2n) is 8.21. The van der Waals surface area contributed by atoms with Gasteiger partial charge in [-0.15, -0.1) is 0 Å². The molecule has 7 nitrogen and oxygen atoms in total. The summed E-state index contributed by atoms with van der Waals surface area (Å²) in [5.41, 5.74) is 2.60. The lowest BCUT2D eigenvalue weighted by molar-refractivity contribution is 0.383. The van der Waals surface area contributed by atoms with Crippen LogP contribution in [0.1, 0.15) is 16.1 Å². The predicted octanol–water partition coefficient (Wildman–Crippen LogP) is 3.66. The minimum atomic E-state index is -3.38. The van der Waals surface area contributed by atoms with Gasteiger partial charge in [-0.2, -0.15) is 4.31 Å². The Morgan fingerprint density at radius 3 is 2.35 bits per heavy atom. The van der Waals surface area contributed by atoms with E-state index in [0.717, 1.165) is 45.1 Å². The standard InChI is InChI=1S/C24H24FN5O2S2/c25-20-9-6-18(7-10-20)8-11-21-28-22-23(26-17-27-24(22)33-21)29-12-14-30(15-13-29)34(31,32)16-19-4-2-1-3-5-19/h1-7,9-10,17H,8,11-16H2. The highest BCUT2D eigenvalue weighted by atomic mass is 32.2. The summed E-state index contributed by atoms with van der Waals surface area (Å²) in [5.74, 6) is 0.515. The van der Waals surface area contributed by atoms with E-state index in [4.69, 9.17) is 4.98 Å². The van der Waals surface area contributed by atoms with Gasteiger partial charge in [0.25, 0.3) is 0 Å². The molecule has 0 unspecified atom stereocenters. The first-order chi connectivity index (χ1) is 16.5. The van der Waals surface area contributed by atoms with Gasteiger partial charge in [0, 0.05) is 32.6 Å². The van der Waals surface area contributed by atoms with Gasteiger partial charge in [0.1, 0.15) is 22.5 Å². The first kappa shape index (κ1) is 22.8. The topological polar surface area (TPSA) is 79.3 Å². The summed E-state index contributed by atoms with van der Waals surface area (Å²) in [7, 11) is -3.38. The van der Waals surface area contributed by atoms with E-state index in [2.05, 4.69) is 14.9 Å². The number of rotatable bonds is 7. The minimum Gasteiger partial charge on any atom is -0.352 e. The van der Waals surface area contributed by atoms with E-state index in [1.165, 1.54) is 29.8 Å². The maximum absolute atomic E-state index is 13.1. The van der Waals surface area contributed by atoms with E-state index < -0.39 is 10.0 Å². The molecule has 0 N–H and O–H groups in total. The molecule has 0 bridgehead atoms. The maximum Gasteiger partial charge on any atom is 0.218 e. The Morgan fingerprint density at radius 1 is 0.882 bits per heavy atom. The number of aromatic nitrogens is 3. The molecule has 2 aromatic heterocycles.